The summed E-state index contributed by atoms with van der Waals surface area (Å²) < 4.78 is 0. The van der Waals surface area contributed by atoms with Gasteiger partial charge in [0.2, 0.25) is 23.6 Å². The number of carbonyl (C=O) groups is 6. The van der Waals surface area contributed by atoms with Crippen LogP contribution in [0.1, 0.15) is 24.8 Å². The number of rotatable bonds is 15. The summed E-state index contributed by atoms with van der Waals surface area (Å²) in [5, 5.41) is 35.2. The van der Waals surface area contributed by atoms with Gasteiger partial charge in [0.15, 0.2) is 0 Å². The van der Waals surface area contributed by atoms with Gasteiger partial charge in [0, 0.05) is 29.9 Å². The van der Waals surface area contributed by atoms with E-state index < -0.39 is 85.6 Å². The number of H-pyrrole nitrogens is 1. The number of aliphatic hydroxyl groups excluding tert-OH is 1. The number of primary amides is 1. The van der Waals surface area contributed by atoms with Gasteiger partial charge in [0.1, 0.15) is 24.2 Å². The van der Waals surface area contributed by atoms with E-state index in [-0.39, 0.29) is 6.42 Å². The number of nitrogens with one attached hydrogen (secondary N) is 4. The summed E-state index contributed by atoms with van der Waals surface area (Å²) in [6.45, 7) is -0.757. The highest BCUT2D eigenvalue weighted by atomic mass is 16.4. The second-order valence-electron chi connectivity index (χ2n) is 8.48. The minimum atomic E-state index is -1.60. The number of carbonyl (C=O) groups excluding carboxylic acids is 4. The predicted molar refractivity (Wildman–Crippen MR) is 131 cm³/mol. The van der Waals surface area contributed by atoms with Gasteiger partial charge in [-0.3, -0.25) is 24.0 Å². The minimum absolute atomic E-state index is 0.121. The number of aliphatic hydroxyl groups is 1. The first kappa shape index (κ1) is 29.7. The first-order chi connectivity index (χ1) is 17.9. The quantitative estimate of drug-likeness (QED) is 0.114. The van der Waals surface area contributed by atoms with E-state index in [0.717, 1.165) is 10.9 Å². The van der Waals surface area contributed by atoms with Crippen LogP contribution in [0.2, 0.25) is 0 Å². The number of hydrogen-bond acceptors (Lipinski definition) is 8. The Morgan fingerprint density at radius 3 is 2.11 bits per heavy atom. The van der Waals surface area contributed by atoms with Gasteiger partial charge in [-0.05, 0) is 18.1 Å². The normalized spacial score (nSPS) is 14.1. The van der Waals surface area contributed by atoms with E-state index in [2.05, 4.69) is 20.9 Å². The van der Waals surface area contributed by atoms with Crippen LogP contribution in [0.25, 0.3) is 10.9 Å². The largest absolute Gasteiger partial charge is 0.481 e. The van der Waals surface area contributed by atoms with Gasteiger partial charge in [0.25, 0.3) is 0 Å². The van der Waals surface area contributed by atoms with Crippen LogP contribution in [0.3, 0.4) is 0 Å². The van der Waals surface area contributed by atoms with Crippen molar-refractivity contribution in [1.29, 1.82) is 0 Å². The van der Waals surface area contributed by atoms with Crippen LogP contribution in [-0.4, -0.2) is 86.6 Å². The molecule has 1 aromatic carbocycles. The van der Waals surface area contributed by atoms with Crippen LogP contribution in [0.15, 0.2) is 30.5 Å². The van der Waals surface area contributed by atoms with Crippen LogP contribution in [0.4, 0.5) is 0 Å². The Kier molecular flexibility index (Phi) is 10.7. The fourth-order valence-corrected chi connectivity index (χ4v) is 3.57. The molecule has 0 saturated heterocycles. The summed E-state index contributed by atoms with van der Waals surface area (Å²) in [6.07, 6.45) is -0.212. The third-order valence-corrected chi connectivity index (χ3v) is 5.57. The number of fused-ring (bicyclic) bond motifs is 1. The van der Waals surface area contributed by atoms with Crippen LogP contribution in [0, 0.1) is 0 Å². The number of aliphatic carboxylic acids is 2. The second-order valence-corrected chi connectivity index (χ2v) is 8.48. The lowest BCUT2D eigenvalue weighted by atomic mass is 10.0. The summed E-state index contributed by atoms with van der Waals surface area (Å²) in [7, 11) is 0. The van der Waals surface area contributed by atoms with Gasteiger partial charge < -0.3 is 47.7 Å². The Bertz CT molecular complexity index is 1200. The number of carboxylic acids is 2. The summed E-state index contributed by atoms with van der Waals surface area (Å²) >= 11 is 0. The maximum Gasteiger partial charge on any atom is 0.326 e. The number of carboxylic acid groups (broad SMARTS) is 2. The lowest BCUT2D eigenvalue weighted by Gasteiger charge is -2.24. The molecule has 206 valence electrons. The average Bonchev–Trinajstić information content (AvgIpc) is 3.27. The van der Waals surface area contributed by atoms with E-state index in [0.29, 0.717) is 5.56 Å². The molecule has 0 radical (unpaired) electrons. The number of aromatic nitrogens is 1. The molecule has 4 unspecified atom stereocenters. The molecule has 1 aromatic heterocycles. The molecule has 2 rings (SSSR count). The van der Waals surface area contributed by atoms with E-state index in [1.54, 1.807) is 30.5 Å². The molecule has 0 spiro atoms. The summed E-state index contributed by atoms with van der Waals surface area (Å²) in [5.41, 5.74) is 11.9. The van der Waals surface area contributed by atoms with Crippen molar-refractivity contribution in [2.24, 2.45) is 11.5 Å². The molecule has 38 heavy (non-hydrogen) atoms. The van der Waals surface area contributed by atoms with E-state index in [4.69, 9.17) is 21.7 Å². The smallest absolute Gasteiger partial charge is 0.326 e. The summed E-state index contributed by atoms with van der Waals surface area (Å²) in [4.78, 5) is 75.3. The Morgan fingerprint density at radius 1 is 0.895 bits per heavy atom. The minimum Gasteiger partial charge on any atom is -0.481 e. The third kappa shape index (κ3) is 8.56. The molecular weight excluding hydrogens is 504 g/mol. The van der Waals surface area contributed by atoms with Crippen molar-refractivity contribution in [3.63, 3.8) is 0 Å². The van der Waals surface area contributed by atoms with Crippen molar-refractivity contribution in [1.82, 2.24) is 20.9 Å². The highest BCUT2D eigenvalue weighted by Gasteiger charge is 2.31. The first-order valence-corrected chi connectivity index (χ1v) is 11.5. The molecule has 15 nitrogen and oxygen atoms in total. The molecule has 0 fully saturated rings. The molecule has 11 N–H and O–H groups in total. The number of hydrogen-bond donors (Lipinski definition) is 9. The van der Waals surface area contributed by atoms with Gasteiger partial charge in [-0.1, -0.05) is 18.2 Å². The van der Waals surface area contributed by atoms with E-state index in [9.17, 15) is 33.9 Å². The van der Waals surface area contributed by atoms with Crippen LogP contribution in [0.5, 0.6) is 0 Å². The number of amides is 4. The second kappa shape index (κ2) is 13.7. The Balaban J connectivity index is 2.21. The Labute approximate surface area is 215 Å². The van der Waals surface area contributed by atoms with Crippen LogP contribution < -0.4 is 27.4 Å². The van der Waals surface area contributed by atoms with E-state index >= 15 is 0 Å². The van der Waals surface area contributed by atoms with Gasteiger partial charge in [-0.15, -0.1) is 0 Å². The van der Waals surface area contributed by atoms with Crippen molar-refractivity contribution in [2.75, 3.05) is 6.61 Å². The zero-order chi connectivity index (χ0) is 28.4. The highest BCUT2D eigenvalue weighted by molar-refractivity contribution is 5.96. The zero-order valence-corrected chi connectivity index (χ0v) is 20.2. The van der Waals surface area contributed by atoms with Crippen LogP contribution >= 0.6 is 0 Å². The van der Waals surface area contributed by atoms with Crippen molar-refractivity contribution >= 4 is 46.5 Å². The topological polar surface area (TPSA) is 267 Å². The van der Waals surface area contributed by atoms with Gasteiger partial charge in [-0.2, -0.15) is 0 Å². The molecule has 0 aliphatic carbocycles. The zero-order valence-electron chi connectivity index (χ0n) is 20.2. The number of para-hydroxylation sites is 1. The maximum absolute atomic E-state index is 13.0. The fourth-order valence-electron chi connectivity index (χ4n) is 3.57. The predicted octanol–water partition coefficient (Wildman–Crippen LogP) is -2.69. The molecule has 4 atom stereocenters. The van der Waals surface area contributed by atoms with Gasteiger partial charge in [-0.25, -0.2) is 4.79 Å². The van der Waals surface area contributed by atoms with Crippen molar-refractivity contribution in [3.05, 3.63) is 36.0 Å². The van der Waals surface area contributed by atoms with Gasteiger partial charge in [0.05, 0.1) is 13.0 Å². The molecule has 1 heterocycles. The molecule has 0 aliphatic heterocycles. The summed E-state index contributed by atoms with van der Waals surface area (Å²) in [5.74, 6) is -6.70. The number of aromatic amines is 1. The monoisotopic (exact) mass is 534 g/mol. The van der Waals surface area contributed by atoms with Crippen molar-refractivity contribution in [2.45, 2.75) is 49.9 Å². The molecular formula is C23H30N6O9. The van der Waals surface area contributed by atoms with Crippen molar-refractivity contribution < 1.29 is 44.1 Å². The Hall–Kier alpha value is -4.50. The number of benzene rings is 1. The molecule has 4 amide bonds. The maximum atomic E-state index is 13.0. The highest BCUT2D eigenvalue weighted by Crippen LogP contribution is 2.19. The standard InChI is InChI=1S/C23H30N6O9/c24-13(10-30)20(34)28-16(8-18(25)31)22(36)27-15(5-6-19(32)33)21(35)29-17(23(37)38)7-11-9-26-14-4-2-1-3-12(11)14/h1-4,9,13,15-17,26,30H,5-8,10,24H2,(H2,25,31)(H,27,36)(H,28,34)(H,29,35)(H,32,33)(H,37,38). The molecule has 0 aliphatic rings. The third-order valence-electron chi connectivity index (χ3n) is 5.57. The fraction of sp³-hybridized carbons (Fsp3) is 0.391. The molecule has 0 saturated carbocycles. The summed E-state index contributed by atoms with van der Waals surface area (Å²) in [6, 6.07) is 1.13. The van der Waals surface area contributed by atoms with E-state index in [1.807, 2.05) is 0 Å². The Morgan fingerprint density at radius 2 is 1.50 bits per heavy atom. The molecule has 2 aromatic rings. The first-order valence-electron chi connectivity index (χ1n) is 11.5. The molecule has 0 bridgehead atoms. The van der Waals surface area contributed by atoms with Crippen molar-refractivity contribution in [3.8, 4) is 0 Å². The SMILES string of the molecule is NC(=O)CC(NC(=O)C(N)CO)C(=O)NC(CCC(=O)O)C(=O)NC(Cc1c[nH]c2ccccc12)C(=O)O. The van der Waals surface area contributed by atoms with Gasteiger partial charge >= 0.3 is 11.9 Å². The average molecular weight is 535 g/mol. The lowest BCUT2D eigenvalue weighted by molar-refractivity contribution is -0.143. The van der Waals surface area contributed by atoms with Crippen LogP contribution in [-0.2, 0) is 35.2 Å². The van der Waals surface area contributed by atoms with E-state index in [1.165, 1.54) is 0 Å². The molecule has 15 heteroatoms. The number of nitrogens with two attached hydrogens (primary N) is 2. The lowest BCUT2D eigenvalue weighted by Crippen LogP contribution is -2.58.